The zero-order valence-electron chi connectivity index (χ0n) is 17.2. The predicted molar refractivity (Wildman–Crippen MR) is 113 cm³/mol. The van der Waals surface area contributed by atoms with Crippen molar-refractivity contribution in [1.82, 2.24) is 9.97 Å². The third-order valence-corrected chi connectivity index (χ3v) is 7.37. The number of ether oxygens (including phenoxy) is 1. The van der Waals surface area contributed by atoms with Crippen LogP contribution >= 0.6 is 0 Å². The van der Waals surface area contributed by atoms with E-state index >= 15 is 0 Å². The molecule has 2 fully saturated rings. The lowest BCUT2D eigenvalue weighted by molar-refractivity contribution is -0.143. The van der Waals surface area contributed by atoms with E-state index in [0.29, 0.717) is 12.5 Å². The van der Waals surface area contributed by atoms with Gasteiger partial charge in [-0.3, -0.25) is 9.59 Å². The number of fused-ring (bicyclic) bond motifs is 3. The highest BCUT2D eigenvalue weighted by Crippen LogP contribution is 2.60. The number of hydrogen-bond acceptors (Lipinski definition) is 6. The number of nitrogens with zero attached hydrogens (tertiary/aromatic N) is 3. The number of methoxy groups -OCH3 is 1. The maximum Gasteiger partial charge on any atom is 0.310 e. The molecule has 1 aromatic carbocycles. The molecule has 2 aliphatic carbocycles. The molecule has 1 aromatic heterocycles. The van der Waals surface area contributed by atoms with E-state index in [0.717, 1.165) is 60.0 Å². The van der Waals surface area contributed by atoms with Crippen LogP contribution in [0.2, 0.25) is 0 Å². The van der Waals surface area contributed by atoms with Crippen molar-refractivity contribution in [3.63, 3.8) is 0 Å². The Bertz CT molecular complexity index is 1120. The minimum absolute atomic E-state index is 0. The summed E-state index contributed by atoms with van der Waals surface area (Å²) >= 11 is 0. The summed E-state index contributed by atoms with van der Waals surface area (Å²) < 4.78 is 4.93. The van der Waals surface area contributed by atoms with Crippen LogP contribution in [0.4, 0.5) is 11.6 Å². The van der Waals surface area contributed by atoms with Gasteiger partial charge in [-0.2, -0.15) is 0 Å². The number of carbonyl (C=O) groups excluding carboxylic acids is 2. The molecule has 4 aliphatic rings. The maximum absolute atomic E-state index is 12.8. The molecular weight excluding hydrogens is 380 g/mol. The van der Waals surface area contributed by atoms with E-state index in [9.17, 15) is 9.59 Å². The van der Waals surface area contributed by atoms with Crippen LogP contribution in [0.5, 0.6) is 0 Å². The number of rotatable bonds is 3. The average Bonchev–Trinajstić information content (AvgIpc) is 3.21. The lowest BCUT2D eigenvalue weighted by Gasteiger charge is -2.39. The molecule has 1 saturated heterocycles. The molecule has 1 amide bonds. The van der Waals surface area contributed by atoms with Gasteiger partial charge in [0.05, 0.1) is 24.1 Å². The molecule has 2 aromatic rings. The van der Waals surface area contributed by atoms with Crippen molar-refractivity contribution < 1.29 is 15.8 Å². The second-order valence-corrected chi connectivity index (χ2v) is 8.95. The van der Waals surface area contributed by atoms with E-state index in [-0.39, 0.29) is 13.3 Å². The topological polar surface area (TPSA) is 84.4 Å². The fraction of sp³-hybridized carbons (Fsp3) is 0.478. The molecule has 30 heavy (non-hydrogen) atoms. The molecule has 156 valence electrons. The Morgan fingerprint density at radius 3 is 2.93 bits per heavy atom. The van der Waals surface area contributed by atoms with Crippen LogP contribution in [0.1, 0.15) is 44.4 Å². The Morgan fingerprint density at radius 1 is 1.33 bits per heavy atom. The molecular formula is C23H26N4O3. The Hall–Kier alpha value is -2.96. The predicted octanol–water partition coefficient (Wildman–Crippen LogP) is 2.86. The molecule has 3 atom stereocenters. The fourth-order valence-corrected chi connectivity index (χ4v) is 5.36. The van der Waals surface area contributed by atoms with Crippen molar-refractivity contribution >= 4 is 23.5 Å². The summed E-state index contributed by atoms with van der Waals surface area (Å²) in [4.78, 5) is 37.0. The van der Waals surface area contributed by atoms with Gasteiger partial charge in [-0.05, 0) is 56.7 Å². The number of aromatic nitrogens is 2. The number of anilines is 2. The first-order chi connectivity index (χ1) is 14.5. The summed E-state index contributed by atoms with van der Waals surface area (Å²) in [5.74, 6) is -0.0197. The molecule has 0 radical (unpaired) electrons. The van der Waals surface area contributed by atoms with E-state index in [4.69, 9.17) is 14.7 Å². The number of benzene rings is 1. The van der Waals surface area contributed by atoms with E-state index in [2.05, 4.69) is 23.2 Å². The molecule has 6 rings (SSSR count). The third kappa shape index (κ3) is 2.26. The van der Waals surface area contributed by atoms with Gasteiger partial charge in [0.2, 0.25) is 11.9 Å². The second kappa shape index (κ2) is 6.03. The van der Waals surface area contributed by atoms with E-state index in [1.165, 1.54) is 19.1 Å². The highest BCUT2D eigenvalue weighted by atomic mass is 16.5. The Kier molecular flexibility index (Phi) is 3.59. The van der Waals surface area contributed by atoms with Gasteiger partial charge < -0.3 is 15.0 Å². The summed E-state index contributed by atoms with van der Waals surface area (Å²) in [6, 6.07) is 6.49. The molecule has 7 nitrogen and oxygen atoms in total. The fourth-order valence-electron chi connectivity index (χ4n) is 5.36. The average molecular weight is 406 g/mol. The molecule has 1 N–H and O–H groups in total. The van der Waals surface area contributed by atoms with Crippen LogP contribution < -0.4 is 10.2 Å². The third-order valence-electron chi connectivity index (χ3n) is 7.37. The second-order valence-electron chi connectivity index (χ2n) is 8.95. The zero-order chi connectivity index (χ0) is 20.6. The Labute approximate surface area is 176 Å². The number of aryl methyl sites for hydroxylation is 1. The largest absolute Gasteiger partial charge is 0.469 e. The van der Waals surface area contributed by atoms with Gasteiger partial charge in [-0.25, -0.2) is 9.97 Å². The van der Waals surface area contributed by atoms with E-state index < -0.39 is 11.3 Å². The van der Waals surface area contributed by atoms with Crippen molar-refractivity contribution in [2.75, 3.05) is 23.9 Å². The number of nitrogens with one attached hydrogen (secondary N) is 1. The summed E-state index contributed by atoms with van der Waals surface area (Å²) in [6.45, 7) is 3.20. The zero-order valence-corrected chi connectivity index (χ0v) is 17.2. The number of amides is 1. The lowest BCUT2D eigenvalue weighted by atomic mass is 9.92. The van der Waals surface area contributed by atoms with E-state index in [1.54, 1.807) is 0 Å². The summed E-state index contributed by atoms with van der Waals surface area (Å²) in [7, 11) is 1.38. The molecule has 0 bridgehead atoms. The number of esters is 1. The van der Waals surface area contributed by atoms with Crippen LogP contribution in [0.3, 0.4) is 0 Å². The first-order valence-electron chi connectivity index (χ1n) is 10.7. The van der Waals surface area contributed by atoms with Crippen molar-refractivity contribution in [1.29, 1.82) is 0 Å². The number of hydrogen-bond donors (Lipinski definition) is 1. The minimum atomic E-state index is -0.788. The Morgan fingerprint density at radius 2 is 2.20 bits per heavy atom. The summed E-state index contributed by atoms with van der Waals surface area (Å²) in [5, 5.41) is 2.96. The monoisotopic (exact) mass is 406 g/mol. The molecule has 3 heterocycles. The Balaban J connectivity index is 0.00000204. The van der Waals surface area contributed by atoms with Crippen LogP contribution in [0.25, 0.3) is 11.3 Å². The van der Waals surface area contributed by atoms with E-state index in [1.807, 2.05) is 12.1 Å². The minimum Gasteiger partial charge on any atom is -0.469 e. The molecule has 2 aliphatic heterocycles. The van der Waals surface area contributed by atoms with Crippen LogP contribution in [-0.2, 0) is 32.6 Å². The van der Waals surface area contributed by atoms with Crippen molar-refractivity contribution in [3.8, 4) is 11.3 Å². The van der Waals surface area contributed by atoms with Crippen molar-refractivity contribution in [2.45, 2.75) is 50.5 Å². The lowest BCUT2D eigenvalue weighted by Crippen LogP contribution is -2.46. The summed E-state index contributed by atoms with van der Waals surface area (Å²) in [6.07, 6.45) is 4.72. The quantitative estimate of drug-likeness (QED) is 0.789. The smallest absolute Gasteiger partial charge is 0.310 e. The summed E-state index contributed by atoms with van der Waals surface area (Å²) in [5.41, 5.74) is 5.23. The van der Waals surface area contributed by atoms with Crippen LogP contribution in [-0.4, -0.2) is 41.5 Å². The molecule has 1 spiro atoms. The number of carbonyl (C=O) groups is 2. The molecule has 0 unspecified atom stereocenters. The van der Waals surface area contributed by atoms with Gasteiger partial charge in [0.25, 0.3) is 0 Å². The van der Waals surface area contributed by atoms with Gasteiger partial charge in [0.1, 0.15) is 0 Å². The van der Waals surface area contributed by atoms with Gasteiger partial charge in [0.15, 0.2) is 0 Å². The molecule has 1 saturated carbocycles. The molecule has 7 heteroatoms. The van der Waals surface area contributed by atoms with Gasteiger partial charge >= 0.3 is 5.97 Å². The van der Waals surface area contributed by atoms with Crippen LogP contribution in [0, 0.1) is 5.92 Å². The standard InChI is InChI=1S/C23H24N4O3.H2/c1-12-8-9-27(12)22-25-17-5-3-4-14(17)19(26-22)13-6-7-18-15(10-13)23(21(29)24-18)11-16(23)20(28)30-2;/h6-7,10,12,16H,3-5,8-9,11H2,1-2H3,(H,24,29);1H/t12-,16-,23-;/m0./s1. The van der Waals surface area contributed by atoms with Gasteiger partial charge in [0, 0.05) is 36.5 Å². The van der Waals surface area contributed by atoms with Gasteiger partial charge in [-0.1, -0.05) is 6.07 Å². The SMILES string of the molecule is COC(=O)[C@@H]1C[C@@]12C(=O)Nc1ccc(-c3nc(N4CC[C@@H]4C)nc4c3CCC4)cc12.[HH]. The first kappa shape index (κ1) is 17.9. The van der Waals surface area contributed by atoms with Crippen molar-refractivity contribution in [2.24, 2.45) is 5.92 Å². The maximum atomic E-state index is 12.8. The van der Waals surface area contributed by atoms with Crippen molar-refractivity contribution in [3.05, 3.63) is 35.0 Å². The highest BCUT2D eigenvalue weighted by molar-refractivity contribution is 6.12. The van der Waals surface area contributed by atoms with Crippen LogP contribution in [0.15, 0.2) is 18.2 Å². The first-order valence-corrected chi connectivity index (χ1v) is 10.7. The van der Waals surface area contributed by atoms with Gasteiger partial charge in [-0.15, -0.1) is 0 Å². The highest BCUT2D eigenvalue weighted by Gasteiger charge is 2.68. The normalized spacial score (nSPS) is 28.1.